The van der Waals surface area contributed by atoms with E-state index < -0.39 is 64.5 Å². The molecule has 0 unspecified atom stereocenters. The van der Waals surface area contributed by atoms with Crippen molar-refractivity contribution in [2.45, 2.75) is 108 Å². The molecule has 1 aliphatic carbocycles. The number of amides is 3. The Morgan fingerprint density at radius 2 is 1.48 bits per heavy atom. The van der Waals surface area contributed by atoms with E-state index in [1.165, 1.54) is 10.6 Å². The highest BCUT2D eigenvalue weighted by atomic mass is 19.1. The molecular formula is C60H59FN6O8. The van der Waals surface area contributed by atoms with Gasteiger partial charge >= 0.3 is 12.1 Å². The Kier molecular flexibility index (Phi) is 14.0. The molecule has 75 heavy (non-hydrogen) atoms. The van der Waals surface area contributed by atoms with Crippen molar-refractivity contribution in [1.29, 1.82) is 0 Å². The second-order valence-corrected chi connectivity index (χ2v) is 19.9. The van der Waals surface area contributed by atoms with Gasteiger partial charge in [-0.1, -0.05) is 128 Å². The Morgan fingerprint density at radius 1 is 0.827 bits per heavy atom. The van der Waals surface area contributed by atoms with E-state index in [1.807, 2.05) is 42.5 Å². The molecule has 2 aromatic heterocycles. The fraction of sp³-hybridized carbons (Fsp3) is 0.300. The first kappa shape index (κ1) is 50.5. The number of hydrogen-bond acceptors (Lipinski definition) is 9. The quantitative estimate of drug-likeness (QED) is 0.0295. The summed E-state index contributed by atoms with van der Waals surface area (Å²) in [4.78, 5) is 73.8. The van der Waals surface area contributed by atoms with Crippen molar-refractivity contribution in [3.8, 4) is 11.4 Å². The van der Waals surface area contributed by atoms with Crippen LogP contribution in [0.25, 0.3) is 22.3 Å². The van der Waals surface area contributed by atoms with Crippen molar-refractivity contribution >= 4 is 34.8 Å². The van der Waals surface area contributed by atoms with Crippen LogP contribution in [-0.4, -0.2) is 62.3 Å². The number of hydrogen-bond donors (Lipinski definition) is 6. The summed E-state index contributed by atoms with van der Waals surface area (Å²) in [6.07, 6.45) is 0.555. The number of esters is 1. The van der Waals surface area contributed by atoms with Crippen LogP contribution in [0.5, 0.6) is 0 Å². The van der Waals surface area contributed by atoms with Crippen molar-refractivity contribution < 1.29 is 38.5 Å². The SMILES string of the molecule is CC[C@@]1(O)C(=O)OCc2c1cc1n(c2=O)Cc2c-1nc1cc(F)c(C)c3c1c2[C@@H](NC(=O)[C@H](CCCCNC(c1ccccc1)(c1ccccc1)c1ccc(C)cc1)NC(=O)[C@H](Cc1ccccc1)NC(=O)O)CC3. The van der Waals surface area contributed by atoms with Crippen LogP contribution in [-0.2, 0) is 56.3 Å². The minimum atomic E-state index is -2.06. The summed E-state index contributed by atoms with van der Waals surface area (Å²) >= 11 is 0. The normalized spacial score (nSPS) is 17.2. The zero-order valence-electron chi connectivity index (χ0n) is 42.0. The average Bonchev–Trinajstić information content (AvgIpc) is 3.81. The number of unbranched alkanes of at least 4 members (excludes halogenated alkanes) is 1. The molecule has 0 bridgehead atoms. The van der Waals surface area contributed by atoms with Gasteiger partial charge in [0.1, 0.15) is 24.5 Å². The molecule has 3 amide bonds. The molecule has 3 aliphatic rings. The van der Waals surface area contributed by atoms with Gasteiger partial charge in [-0.2, -0.15) is 0 Å². The third-order valence-corrected chi connectivity index (χ3v) is 15.4. The fourth-order valence-electron chi connectivity index (χ4n) is 11.5. The number of carbonyl (C=O) groups excluding carboxylic acids is 3. The third kappa shape index (κ3) is 9.35. The van der Waals surface area contributed by atoms with E-state index in [2.05, 4.69) is 76.7 Å². The lowest BCUT2D eigenvalue weighted by molar-refractivity contribution is -0.172. The zero-order chi connectivity index (χ0) is 52.6. The summed E-state index contributed by atoms with van der Waals surface area (Å²) in [6.45, 7) is 5.62. The van der Waals surface area contributed by atoms with Crippen LogP contribution in [0.4, 0.5) is 9.18 Å². The van der Waals surface area contributed by atoms with Crippen molar-refractivity contribution in [2.24, 2.45) is 0 Å². The maximum atomic E-state index is 15.8. The smallest absolute Gasteiger partial charge is 0.405 e. The first-order chi connectivity index (χ1) is 36.2. The standard InChI is InChI=1S/C60H59FN6O8/c1-4-59(74)44-31-50-53-42(33-67(50)56(70)43(44)34-75-57(59)71)52-46(28-27-41-36(3)45(61)32-48(63-53)51(41)52)64-54(68)47(65-55(69)49(66-58(72)73)30-37-16-8-5-9-17-37)22-14-15-29-62-60(38-18-10-6-11-19-38,39-20-12-7-13-21-39)40-25-23-35(2)24-26-40/h5-13,16-21,23-26,31-32,46-47,49,62,66,74H,4,14-15,22,27-30,33-34H2,1-3H3,(H,64,68)(H,65,69)(H,72,73)/t46-,47-,49-,59-/m0/s1. The second kappa shape index (κ2) is 20.7. The highest BCUT2D eigenvalue weighted by Gasteiger charge is 2.46. The topological polar surface area (TPSA) is 201 Å². The van der Waals surface area contributed by atoms with E-state index in [0.717, 1.165) is 33.4 Å². The summed E-state index contributed by atoms with van der Waals surface area (Å²) in [5, 5.41) is 34.6. The molecule has 0 fully saturated rings. The number of halogens is 1. The number of aliphatic hydroxyl groups is 1. The predicted octanol–water partition coefficient (Wildman–Crippen LogP) is 8.05. The molecule has 15 heteroatoms. The Morgan fingerprint density at radius 3 is 2.13 bits per heavy atom. The number of rotatable bonds is 17. The molecule has 7 aromatic rings. The van der Waals surface area contributed by atoms with Crippen LogP contribution in [0.3, 0.4) is 0 Å². The molecule has 14 nitrogen and oxygen atoms in total. The van der Waals surface area contributed by atoms with Crippen molar-refractivity contribution in [2.75, 3.05) is 6.54 Å². The molecule has 2 aliphatic heterocycles. The van der Waals surface area contributed by atoms with Gasteiger partial charge < -0.3 is 35.5 Å². The maximum Gasteiger partial charge on any atom is 0.405 e. The van der Waals surface area contributed by atoms with Gasteiger partial charge in [-0.3, -0.25) is 19.7 Å². The van der Waals surface area contributed by atoms with Crippen LogP contribution in [0.2, 0.25) is 0 Å². The molecule has 10 rings (SSSR count). The first-order valence-corrected chi connectivity index (χ1v) is 25.6. The number of aromatic nitrogens is 2. The van der Waals surface area contributed by atoms with Crippen LogP contribution in [0.15, 0.2) is 132 Å². The molecule has 0 radical (unpaired) electrons. The van der Waals surface area contributed by atoms with Crippen LogP contribution >= 0.6 is 0 Å². The number of carbonyl (C=O) groups is 4. The predicted molar refractivity (Wildman–Crippen MR) is 281 cm³/mol. The van der Waals surface area contributed by atoms with Gasteiger partial charge in [-0.25, -0.2) is 19.0 Å². The number of ether oxygens (including phenoxy) is 1. The van der Waals surface area contributed by atoms with E-state index in [-0.39, 0.29) is 43.5 Å². The summed E-state index contributed by atoms with van der Waals surface area (Å²) in [7, 11) is 0. The highest BCUT2D eigenvalue weighted by molar-refractivity contribution is 5.95. The van der Waals surface area contributed by atoms with Crippen LogP contribution in [0, 0.1) is 19.7 Å². The second-order valence-electron chi connectivity index (χ2n) is 19.9. The van der Waals surface area contributed by atoms with Crippen LogP contribution < -0.4 is 26.8 Å². The van der Waals surface area contributed by atoms with E-state index in [1.54, 1.807) is 44.2 Å². The number of pyridine rings is 2. The molecular weight excluding hydrogens is 952 g/mol. The molecule has 384 valence electrons. The number of nitrogens with one attached hydrogen (secondary N) is 4. The fourth-order valence-corrected chi connectivity index (χ4v) is 11.5. The van der Waals surface area contributed by atoms with E-state index in [9.17, 15) is 29.4 Å². The van der Waals surface area contributed by atoms with Crippen molar-refractivity contribution in [1.82, 2.24) is 30.8 Å². The number of cyclic esters (lactones) is 1. The Hall–Kier alpha value is -8.01. The Labute approximate surface area is 433 Å². The lowest BCUT2D eigenvalue weighted by Crippen LogP contribution is -2.54. The number of aryl methyl sites for hydroxylation is 2. The molecule has 4 heterocycles. The van der Waals surface area contributed by atoms with E-state index in [4.69, 9.17) is 9.72 Å². The Bertz CT molecular complexity index is 3370. The van der Waals surface area contributed by atoms with E-state index >= 15 is 9.18 Å². The van der Waals surface area contributed by atoms with Gasteiger partial charge in [-0.05, 0) is 104 Å². The summed E-state index contributed by atoms with van der Waals surface area (Å²) in [5.41, 5.74) is 5.49. The summed E-state index contributed by atoms with van der Waals surface area (Å²) in [5.74, 6) is -2.50. The van der Waals surface area contributed by atoms with Gasteiger partial charge in [0.15, 0.2) is 5.60 Å². The molecule has 6 N–H and O–H groups in total. The number of carboxylic acid groups (broad SMARTS) is 1. The van der Waals surface area contributed by atoms with Gasteiger partial charge in [0.25, 0.3) is 5.56 Å². The van der Waals surface area contributed by atoms with Gasteiger partial charge in [0.05, 0.1) is 40.6 Å². The third-order valence-electron chi connectivity index (χ3n) is 15.4. The van der Waals surface area contributed by atoms with Gasteiger partial charge in [-0.15, -0.1) is 0 Å². The number of benzene rings is 5. The number of fused-ring (bicyclic) bond motifs is 5. The van der Waals surface area contributed by atoms with Crippen LogP contribution in [0.1, 0.15) is 106 Å². The molecule has 5 aromatic carbocycles. The monoisotopic (exact) mass is 1010 g/mol. The minimum absolute atomic E-state index is 0.0348. The summed E-state index contributed by atoms with van der Waals surface area (Å²) in [6, 6.07) is 37.8. The lowest BCUT2D eigenvalue weighted by atomic mass is 9.76. The van der Waals surface area contributed by atoms with Gasteiger partial charge in [0.2, 0.25) is 11.8 Å². The first-order valence-electron chi connectivity index (χ1n) is 25.6. The minimum Gasteiger partial charge on any atom is -0.465 e. The zero-order valence-corrected chi connectivity index (χ0v) is 42.0. The highest BCUT2D eigenvalue weighted by Crippen LogP contribution is 2.46. The van der Waals surface area contributed by atoms with E-state index in [0.29, 0.717) is 71.2 Å². The molecule has 0 spiro atoms. The van der Waals surface area contributed by atoms with Crippen molar-refractivity contribution in [3.63, 3.8) is 0 Å². The summed E-state index contributed by atoms with van der Waals surface area (Å²) < 4.78 is 22.6. The Balaban J connectivity index is 0.981. The lowest BCUT2D eigenvalue weighted by Gasteiger charge is -2.37. The molecule has 0 saturated carbocycles. The average molecular weight is 1010 g/mol. The maximum absolute atomic E-state index is 15.8. The van der Waals surface area contributed by atoms with Crippen molar-refractivity contribution in [3.05, 3.63) is 205 Å². The number of nitrogens with zero attached hydrogens (tertiary/aromatic N) is 2. The molecule has 4 atom stereocenters. The van der Waals surface area contributed by atoms with Gasteiger partial charge in [0, 0.05) is 29.0 Å². The molecule has 0 saturated heterocycles. The largest absolute Gasteiger partial charge is 0.465 e.